The molecule has 7 nitrogen and oxygen atoms in total. The van der Waals surface area contributed by atoms with E-state index in [1.165, 1.54) is 18.2 Å². The van der Waals surface area contributed by atoms with Crippen LogP contribution in [0.3, 0.4) is 0 Å². The number of ether oxygens (including phenoxy) is 2. The van der Waals surface area contributed by atoms with Gasteiger partial charge < -0.3 is 9.47 Å². The van der Waals surface area contributed by atoms with Crippen molar-refractivity contribution in [1.29, 1.82) is 0 Å². The molecule has 24 heavy (non-hydrogen) atoms. The van der Waals surface area contributed by atoms with Crippen LogP contribution >= 0.6 is 11.6 Å². The highest BCUT2D eigenvalue weighted by atomic mass is 35.5. The first-order chi connectivity index (χ1) is 11.4. The van der Waals surface area contributed by atoms with Crippen molar-refractivity contribution in [1.82, 2.24) is 0 Å². The molecular formula is C15H10ClNO6S. The SMILES string of the molecule is O=[N+]([O-])c1ccc(S(=O)(=O)C=Cc2cc(Cl)c3c(c2)OCO3)cc1. The van der Waals surface area contributed by atoms with Gasteiger partial charge in [0.2, 0.25) is 6.79 Å². The van der Waals surface area contributed by atoms with E-state index >= 15 is 0 Å². The normalized spacial score (nSPS) is 13.4. The first-order valence-corrected chi connectivity index (χ1v) is 8.56. The summed E-state index contributed by atoms with van der Waals surface area (Å²) in [6.45, 7) is 0.0588. The maximum Gasteiger partial charge on any atom is 0.269 e. The summed E-state index contributed by atoms with van der Waals surface area (Å²) >= 11 is 6.04. The Labute approximate surface area is 142 Å². The van der Waals surface area contributed by atoms with Gasteiger partial charge in [0.15, 0.2) is 21.3 Å². The van der Waals surface area contributed by atoms with Crippen molar-refractivity contribution in [3.05, 3.63) is 62.5 Å². The van der Waals surface area contributed by atoms with E-state index in [1.54, 1.807) is 12.1 Å². The summed E-state index contributed by atoms with van der Waals surface area (Å²) < 4.78 is 34.9. The Balaban J connectivity index is 1.88. The van der Waals surface area contributed by atoms with Crippen LogP contribution in [0.5, 0.6) is 11.5 Å². The number of sulfone groups is 1. The Morgan fingerprint density at radius 2 is 1.88 bits per heavy atom. The van der Waals surface area contributed by atoms with Crippen LogP contribution in [0.25, 0.3) is 6.08 Å². The molecule has 3 rings (SSSR count). The summed E-state index contributed by atoms with van der Waals surface area (Å²) in [5, 5.41) is 11.9. The number of hydrogen-bond donors (Lipinski definition) is 0. The molecule has 124 valence electrons. The van der Waals surface area contributed by atoms with E-state index in [9.17, 15) is 18.5 Å². The predicted molar refractivity (Wildman–Crippen MR) is 86.9 cm³/mol. The predicted octanol–water partition coefficient (Wildman–Crippen LogP) is 3.42. The third-order valence-corrected chi connectivity index (χ3v) is 4.97. The van der Waals surface area contributed by atoms with Gasteiger partial charge in [-0.1, -0.05) is 11.6 Å². The number of non-ortho nitro benzene ring substituents is 1. The lowest BCUT2D eigenvalue weighted by Crippen LogP contribution is -1.96. The number of nitrogens with zero attached hydrogens (tertiary/aromatic N) is 1. The third kappa shape index (κ3) is 3.19. The zero-order valence-electron chi connectivity index (χ0n) is 12.0. The number of rotatable bonds is 4. The van der Waals surface area contributed by atoms with E-state index in [-0.39, 0.29) is 17.4 Å². The quantitative estimate of drug-likeness (QED) is 0.606. The second-order valence-electron chi connectivity index (χ2n) is 4.84. The molecule has 0 bridgehead atoms. The maximum atomic E-state index is 12.3. The number of hydrogen-bond acceptors (Lipinski definition) is 6. The molecule has 0 atom stereocenters. The highest BCUT2D eigenvalue weighted by Crippen LogP contribution is 2.40. The molecule has 0 N–H and O–H groups in total. The summed E-state index contributed by atoms with van der Waals surface area (Å²) in [7, 11) is -3.75. The zero-order valence-corrected chi connectivity index (χ0v) is 13.6. The number of halogens is 1. The van der Waals surface area contributed by atoms with Crippen LogP contribution in [0.15, 0.2) is 46.7 Å². The van der Waals surface area contributed by atoms with Gasteiger partial charge in [0, 0.05) is 17.5 Å². The van der Waals surface area contributed by atoms with Gasteiger partial charge in [-0.2, -0.15) is 0 Å². The first-order valence-electron chi connectivity index (χ1n) is 6.63. The minimum Gasteiger partial charge on any atom is -0.454 e. The van der Waals surface area contributed by atoms with Crippen molar-refractivity contribution in [2.24, 2.45) is 0 Å². The molecule has 1 aliphatic rings. The van der Waals surface area contributed by atoms with Crippen LogP contribution in [0.4, 0.5) is 5.69 Å². The fourth-order valence-corrected chi connectivity index (χ4v) is 3.37. The molecule has 2 aromatic carbocycles. The summed E-state index contributed by atoms with van der Waals surface area (Å²) in [6, 6.07) is 7.80. The van der Waals surface area contributed by atoms with Crippen LogP contribution in [0.2, 0.25) is 5.02 Å². The van der Waals surface area contributed by atoms with E-state index < -0.39 is 14.8 Å². The van der Waals surface area contributed by atoms with Crippen molar-refractivity contribution in [2.75, 3.05) is 6.79 Å². The Kier molecular flexibility index (Phi) is 4.16. The second kappa shape index (κ2) is 6.14. The molecular weight excluding hydrogens is 358 g/mol. The molecule has 0 radical (unpaired) electrons. The molecule has 9 heteroatoms. The molecule has 0 aliphatic carbocycles. The van der Waals surface area contributed by atoms with Gasteiger partial charge in [0.05, 0.1) is 14.8 Å². The summed E-state index contributed by atoms with van der Waals surface area (Å²) in [4.78, 5) is 9.96. The van der Waals surface area contributed by atoms with Gasteiger partial charge in [-0.05, 0) is 35.9 Å². The summed E-state index contributed by atoms with van der Waals surface area (Å²) in [6.07, 6.45) is 1.37. The maximum absolute atomic E-state index is 12.3. The van der Waals surface area contributed by atoms with E-state index in [1.807, 2.05) is 0 Å². The van der Waals surface area contributed by atoms with E-state index in [0.29, 0.717) is 22.1 Å². The minimum absolute atomic E-state index is 0.0452. The van der Waals surface area contributed by atoms with E-state index in [0.717, 1.165) is 17.5 Å². The molecule has 1 heterocycles. The second-order valence-corrected chi connectivity index (χ2v) is 7.08. The zero-order chi connectivity index (χ0) is 17.3. The van der Waals surface area contributed by atoms with Crippen LogP contribution in [0.1, 0.15) is 5.56 Å². The van der Waals surface area contributed by atoms with Crippen molar-refractivity contribution in [3.8, 4) is 11.5 Å². The molecule has 0 saturated heterocycles. The van der Waals surface area contributed by atoms with E-state index in [4.69, 9.17) is 21.1 Å². The van der Waals surface area contributed by atoms with Crippen LogP contribution in [-0.4, -0.2) is 20.1 Å². The molecule has 2 aromatic rings. The van der Waals surface area contributed by atoms with Crippen LogP contribution in [-0.2, 0) is 9.84 Å². The number of fused-ring (bicyclic) bond motifs is 1. The Bertz CT molecular complexity index is 937. The topological polar surface area (TPSA) is 95.7 Å². The molecule has 0 saturated carbocycles. The van der Waals surface area contributed by atoms with Gasteiger partial charge in [-0.25, -0.2) is 8.42 Å². The van der Waals surface area contributed by atoms with Gasteiger partial charge in [-0.3, -0.25) is 10.1 Å². The lowest BCUT2D eigenvalue weighted by Gasteiger charge is -2.02. The standard InChI is InChI=1S/C15H10ClNO6S/c16-13-7-10(8-14-15(13)23-9-22-14)5-6-24(20,21)12-3-1-11(2-4-12)17(18)19/h1-8H,9H2. The van der Waals surface area contributed by atoms with E-state index in [2.05, 4.69) is 0 Å². The summed E-state index contributed by atoms with van der Waals surface area (Å²) in [5.74, 6) is 0.863. The fraction of sp³-hybridized carbons (Fsp3) is 0.0667. The average molecular weight is 368 g/mol. The monoisotopic (exact) mass is 367 g/mol. The highest BCUT2D eigenvalue weighted by molar-refractivity contribution is 7.94. The first kappa shape index (κ1) is 16.3. The van der Waals surface area contributed by atoms with Gasteiger partial charge >= 0.3 is 0 Å². The number of benzene rings is 2. The average Bonchev–Trinajstić information content (AvgIpc) is 3.02. The number of nitro groups is 1. The van der Waals surface area contributed by atoms with Crippen LogP contribution < -0.4 is 9.47 Å². The van der Waals surface area contributed by atoms with Crippen molar-refractivity contribution in [2.45, 2.75) is 4.90 Å². The highest BCUT2D eigenvalue weighted by Gasteiger charge is 2.18. The van der Waals surface area contributed by atoms with Crippen molar-refractivity contribution < 1.29 is 22.8 Å². The fourth-order valence-electron chi connectivity index (χ4n) is 2.09. The largest absolute Gasteiger partial charge is 0.454 e. The lowest BCUT2D eigenvalue weighted by atomic mass is 10.2. The molecule has 0 fully saturated rings. The van der Waals surface area contributed by atoms with Crippen molar-refractivity contribution in [3.63, 3.8) is 0 Å². The third-order valence-electron chi connectivity index (χ3n) is 3.27. The lowest BCUT2D eigenvalue weighted by molar-refractivity contribution is -0.384. The molecule has 0 amide bonds. The molecule has 0 spiro atoms. The number of nitro benzene ring substituents is 1. The molecule has 1 aliphatic heterocycles. The van der Waals surface area contributed by atoms with Gasteiger partial charge in [0.1, 0.15) is 0 Å². The Morgan fingerprint density at radius 3 is 2.54 bits per heavy atom. The van der Waals surface area contributed by atoms with Gasteiger partial charge in [0.25, 0.3) is 5.69 Å². The van der Waals surface area contributed by atoms with Gasteiger partial charge in [-0.15, -0.1) is 0 Å². The minimum atomic E-state index is -3.75. The smallest absolute Gasteiger partial charge is 0.269 e. The van der Waals surface area contributed by atoms with Crippen molar-refractivity contribution >= 4 is 33.2 Å². The Hall–Kier alpha value is -2.58. The Morgan fingerprint density at radius 1 is 1.17 bits per heavy atom. The van der Waals surface area contributed by atoms with Crippen LogP contribution in [0, 0.1) is 10.1 Å². The summed E-state index contributed by atoms with van der Waals surface area (Å²) in [5.41, 5.74) is 0.343. The molecule has 0 aromatic heterocycles. The molecule has 0 unspecified atom stereocenters.